The molecule has 5 unspecified atom stereocenters. The van der Waals surface area contributed by atoms with Crippen molar-refractivity contribution in [1.82, 2.24) is 0 Å². The molecule has 9 heteroatoms. The van der Waals surface area contributed by atoms with Crippen LogP contribution in [0.15, 0.2) is 47.3 Å². The molecule has 5 atom stereocenters. The van der Waals surface area contributed by atoms with E-state index in [1.165, 1.54) is 25.3 Å². The molecular formula is C24H28O9. The number of carboxylic acids is 1. The van der Waals surface area contributed by atoms with Crippen molar-refractivity contribution in [2.75, 3.05) is 0 Å². The van der Waals surface area contributed by atoms with Crippen LogP contribution in [0.4, 0.5) is 0 Å². The maximum absolute atomic E-state index is 13.2. The summed E-state index contributed by atoms with van der Waals surface area (Å²) in [5.74, 6) is -5.56. The molecule has 9 nitrogen and oxygen atoms in total. The van der Waals surface area contributed by atoms with E-state index in [1.807, 2.05) is 6.92 Å². The van der Waals surface area contributed by atoms with Crippen LogP contribution in [0.5, 0.6) is 0 Å². The van der Waals surface area contributed by atoms with Crippen LogP contribution in [0.25, 0.3) is 0 Å². The van der Waals surface area contributed by atoms with Gasteiger partial charge in [-0.15, -0.1) is 0 Å². The largest absolute Gasteiger partial charge is 0.478 e. The van der Waals surface area contributed by atoms with E-state index < -0.39 is 46.9 Å². The molecule has 178 valence electrons. The normalized spacial score (nSPS) is 34.5. The Balaban J connectivity index is 2.08. The number of hydrogen-bond acceptors (Lipinski definition) is 8. The van der Waals surface area contributed by atoms with Gasteiger partial charge in [0, 0.05) is 13.0 Å². The van der Waals surface area contributed by atoms with E-state index in [-0.39, 0.29) is 18.1 Å². The third kappa shape index (κ3) is 4.56. The van der Waals surface area contributed by atoms with Crippen molar-refractivity contribution in [1.29, 1.82) is 0 Å². The number of aliphatic hydroxyl groups excluding tert-OH is 1. The zero-order chi connectivity index (χ0) is 24.6. The molecule has 3 aliphatic rings. The number of esters is 1. The second-order valence-electron chi connectivity index (χ2n) is 8.72. The van der Waals surface area contributed by atoms with Crippen LogP contribution in [-0.4, -0.2) is 57.3 Å². The fourth-order valence-electron chi connectivity index (χ4n) is 4.43. The van der Waals surface area contributed by atoms with E-state index in [9.17, 15) is 24.3 Å². The van der Waals surface area contributed by atoms with Gasteiger partial charge in [0.25, 0.3) is 0 Å². The number of hydrogen-bond donors (Lipinski definition) is 2. The molecule has 0 bridgehead atoms. The molecule has 0 radical (unpaired) electrons. The van der Waals surface area contributed by atoms with Crippen molar-refractivity contribution in [3.05, 3.63) is 47.3 Å². The maximum atomic E-state index is 13.2. The highest BCUT2D eigenvalue weighted by molar-refractivity contribution is 6.26. The summed E-state index contributed by atoms with van der Waals surface area (Å²) in [5.41, 5.74) is -0.995. The molecule has 2 N–H and O–H groups in total. The van der Waals surface area contributed by atoms with E-state index in [2.05, 4.69) is 0 Å². The minimum atomic E-state index is -2.01. The molecule has 0 aromatic heterocycles. The molecule has 2 heterocycles. The smallest absolute Gasteiger partial charge is 0.328 e. The Morgan fingerprint density at radius 1 is 1.24 bits per heavy atom. The minimum absolute atomic E-state index is 0.0649. The summed E-state index contributed by atoms with van der Waals surface area (Å²) in [4.78, 5) is 48.5. The van der Waals surface area contributed by atoms with Crippen molar-refractivity contribution in [2.24, 2.45) is 5.92 Å². The third-order valence-electron chi connectivity index (χ3n) is 6.18. The molecular weight excluding hydrogens is 432 g/mol. The van der Waals surface area contributed by atoms with Gasteiger partial charge in [-0.3, -0.25) is 14.4 Å². The summed E-state index contributed by atoms with van der Waals surface area (Å²) in [5, 5.41) is 19.8. The van der Waals surface area contributed by atoms with Crippen LogP contribution < -0.4 is 0 Å². The number of fused-ring (bicyclic) bond motifs is 1. The van der Waals surface area contributed by atoms with Crippen molar-refractivity contribution in [3.8, 4) is 0 Å². The van der Waals surface area contributed by atoms with Gasteiger partial charge in [0.1, 0.15) is 6.10 Å². The van der Waals surface area contributed by atoms with Crippen LogP contribution in [0.3, 0.4) is 0 Å². The Morgan fingerprint density at radius 2 is 1.94 bits per heavy atom. The standard InChI is InChI=1S/C24H28O9/c1-13(6-10-21(28)29)5-8-18-16-11-20(27)23(4,33-15(3)25)22(30)17(16)12-31-24(18)19(26)9-7-14(2)32-24/h5-6,10-12,14,18-19,26H,7-9H2,1-4H3,(H,28,29). The van der Waals surface area contributed by atoms with Gasteiger partial charge < -0.3 is 24.4 Å². The zero-order valence-corrected chi connectivity index (χ0v) is 19.0. The zero-order valence-electron chi connectivity index (χ0n) is 19.0. The lowest BCUT2D eigenvalue weighted by Crippen LogP contribution is -2.60. The van der Waals surface area contributed by atoms with Gasteiger partial charge in [-0.2, -0.15) is 0 Å². The lowest BCUT2D eigenvalue weighted by molar-refractivity contribution is -0.320. The Bertz CT molecular complexity index is 1000. The third-order valence-corrected chi connectivity index (χ3v) is 6.18. The van der Waals surface area contributed by atoms with Crippen molar-refractivity contribution < 1.29 is 43.6 Å². The summed E-state index contributed by atoms with van der Waals surface area (Å²) in [7, 11) is 0. The lowest BCUT2D eigenvalue weighted by Gasteiger charge is -2.51. The predicted molar refractivity (Wildman–Crippen MR) is 115 cm³/mol. The molecule has 1 saturated heterocycles. The number of ether oxygens (including phenoxy) is 3. The molecule has 2 aliphatic heterocycles. The Hall–Kier alpha value is -3.04. The summed E-state index contributed by atoms with van der Waals surface area (Å²) in [6.07, 6.45) is 6.46. The minimum Gasteiger partial charge on any atom is -0.478 e. The number of ketones is 2. The predicted octanol–water partition coefficient (Wildman–Crippen LogP) is 2.15. The lowest BCUT2D eigenvalue weighted by atomic mass is 9.70. The van der Waals surface area contributed by atoms with Gasteiger partial charge in [-0.05, 0) is 51.7 Å². The average molecular weight is 460 g/mol. The highest BCUT2D eigenvalue weighted by atomic mass is 16.7. The van der Waals surface area contributed by atoms with E-state index >= 15 is 0 Å². The molecule has 0 aromatic rings. The molecule has 3 rings (SSSR count). The van der Waals surface area contributed by atoms with E-state index in [0.29, 0.717) is 24.0 Å². The Labute approximate surface area is 191 Å². The Morgan fingerprint density at radius 3 is 2.58 bits per heavy atom. The van der Waals surface area contributed by atoms with Crippen LogP contribution >= 0.6 is 0 Å². The number of carbonyl (C=O) groups is 4. The molecule has 0 aromatic carbocycles. The van der Waals surface area contributed by atoms with Crippen LogP contribution in [0.2, 0.25) is 0 Å². The topological polar surface area (TPSA) is 136 Å². The first-order chi connectivity index (χ1) is 15.4. The molecule has 1 aliphatic carbocycles. The van der Waals surface area contributed by atoms with E-state index in [0.717, 1.165) is 13.0 Å². The van der Waals surface area contributed by atoms with Crippen molar-refractivity contribution in [3.63, 3.8) is 0 Å². The number of rotatable bonds is 5. The van der Waals surface area contributed by atoms with E-state index in [1.54, 1.807) is 13.0 Å². The highest BCUT2D eigenvalue weighted by Gasteiger charge is 2.59. The van der Waals surface area contributed by atoms with Gasteiger partial charge in [-0.1, -0.05) is 17.7 Å². The number of aliphatic hydroxyl groups is 1. The SMILES string of the molecule is CC(=O)OC1(C)C(=O)C=C2C(=COC3(OC(C)CCC3O)C2CC=C(C)C=CC(=O)O)C1=O. The first-order valence-electron chi connectivity index (χ1n) is 10.7. The van der Waals surface area contributed by atoms with Gasteiger partial charge in [0.15, 0.2) is 0 Å². The first kappa shape index (κ1) is 24.6. The summed E-state index contributed by atoms with van der Waals surface area (Å²) in [6.45, 7) is 5.89. The first-order valence-corrected chi connectivity index (χ1v) is 10.7. The quantitative estimate of drug-likeness (QED) is 0.274. The Kier molecular flexibility index (Phi) is 6.76. The van der Waals surface area contributed by atoms with Crippen molar-refractivity contribution in [2.45, 2.75) is 70.6 Å². The maximum Gasteiger partial charge on any atom is 0.328 e. The summed E-state index contributed by atoms with van der Waals surface area (Å²) >= 11 is 0. The highest BCUT2D eigenvalue weighted by Crippen LogP contribution is 2.49. The van der Waals surface area contributed by atoms with Crippen LogP contribution in [-0.2, 0) is 33.4 Å². The van der Waals surface area contributed by atoms with Gasteiger partial charge >= 0.3 is 11.9 Å². The fraction of sp³-hybridized carbons (Fsp3) is 0.500. The second kappa shape index (κ2) is 9.07. The number of allylic oxidation sites excluding steroid dienone is 3. The number of Topliss-reactive ketones (excluding diaryl/α,β-unsaturated/α-hetero) is 1. The molecule has 1 spiro atoms. The number of carbonyl (C=O) groups excluding carboxylic acids is 3. The van der Waals surface area contributed by atoms with Crippen LogP contribution in [0.1, 0.15) is 47.0 Å². The summed E-state index contributed by atoms with van der Waals surface area (Å²) in [6, 6.07) is 0. The van der Waals surface area contributed by atoms with Gasteiger partial charge in [-0.25, -0.2) is 4.79 Å². The average Bonchev–Trinajstić information content (AvgIpc) is 2.72. The van der Waals surface area contributed by atoms with Gasteiger partial charge in [0.2, 0.25) is 23.0 Å². The van der Waals surface area contributed by atoms with Crippen LogP contribution in [0, 0.1) is 5.92 Å². The molecule has 0 amide bonds. The number of carboxylic acid groups (broad SMARTS) is 1. The molecule has 1 fully saturated rings. The number of aliphatic carboxylic acids is 1. The monoisotopic (exact) mass is 460 g/mol. The molecule has 33 heavy (non-hydrogen) atoms. The summed E-state index contributed by atoms with van der Waals surface area (Å²) < 4.78 is 17.1. The van der Waals surface area contributed by atoms with E-state index in [4.69, 9.17) is 19.3 Å². The molecule has 0 saturated carbocycles. The second-order valence-corrected chi connectivity index (χ2v) is 8.72. The fourth-order valence-corrected chi connectivity index (χ4v) is 4.43. The van der Waals surface area contributed by atoms with Crippen molar-refractivity contribution >= 4 is 23.5 Å². The van der Waals surface area contributed by atoms with Gasteiger partial charge in [0.05, 0.1) is 23.9 Å².